The number of thiophene rings is 1. The van der Waals surface area contributed by atoms with Crippen LogP contribution in [0.4, 0.5) is 0 Å². The highest BCUT2D eigenvalue weighted by Crippen LogP contribution is 2.29. The summed E-state index contributed by atoms with van der Waals surface area (Å²) in [6, 6.07) is 9.50. The van der Waals surface area contributed by atoms with Crippen molar-refractivity contribution in [1.82, 2.24) is 10.3 Å². The summed E-state index contributed by atoms with van der Waals surface area (Å²) in [6.07, 6.45) is 0.802. The Morgan fingerprint density at radius 1 is 1.32 bits per heavy atom. The predicted octanol–water partition coefficient (Wildman–Crippen LogP) is 4.92. The average molecular weight is 437 g/mol. The van der Waals surface area contributed by atoms with Gasteiger partial charge in [-0.3, -0.25) is 4.79 Å². The van der Waals surface area contributed by atoms with Gasteiger partial charge < -0.3 is 10.1 Å². The van der Waals surface area contributed by atoms with Crippen LogP contribution < -0.4 is 10.1 Å². The molecule has 0 spiro atoms. The predicted molar refractivity (Wildman–Crippen MR) is 107 cm³/mol. The number of aryl methyl sites for hydroxylation is 1. The summed E-state index contributed by atoms with van der Waals surface area (Å²) in [7, 11) is 1.60. The molecular weight excluding hydrogens is 420 g/mol. The molecule has 7 heteroatoms. The third kappa shape index (κ3) is 4.48. The second kappa shape index (κ2) is 8.12. The number of thiazole rings is 1. The molecule has 0 bridgehead atoms. The highest BCUT2D eigenvalue weighted by molar-refractivity contribution is 9.10. The van der Waals surface area contributed by atoms with Gasteiger partial charge in [-0.25, -0.2) is 4.98 Å². The molecule has 0 saturated carbocycles. The number of carbonyl (C=O) groups is 1. The van der Waals surface area contributed by atoms with E-state index in [-0.39, 0.29) is 5.91 Å². The van der Waals surface area contributed by atoms with E-state index in [1.165, 1.54) is 9.75 Å². The summed E-state index contributed by atoms with van der Waals surface area (Å²) >= 11 is 6.78. The number of carbonyl (C=O) groups excluding carboxylic acids is 1. The SMILES string of the molecule is COc1ccc(C(=O)NCCc2ccc(-c3csc(C)n3)s2)cc1Br. The second-order valence-electron chi connectivity index (χ2n) is 5.37. The van der Waals surface area contributed by atoms with E-state index in [0.29, 0.717) is 17.9 Å². The van der Waals surface area contributed by atoms with E-state index in [1.54, 1.807) is 48.0 Å². The van der Waals surface area contributed by atoms with Gasteiger partial charge in [-0.05, 0) is 59.6 Å². The number of hydrogen-bond acceptors (Lipinski definition) is 5. The van der Waals surface area contributed by atoms with E-state index < -0.39 is 0 Å². The van der Waals surface area contributed by atoms with Gasteiger partial charge in [0.25, 0.3) is 5.91 Å². The first kappa shape index (κ1) is 18.1. The number of hydrogen-bond donors (Lipinski definition) is 1. The number of rotatable bonds is 6. The van der Waals surface area contributed by atoms with Crippen LogP contribution in [0.1, 0.15) is 20.2 Å². The lowest BCUT2D eigenvalue weighted by Gasteiger charge is -2.07. The third-order valence-corrected chi connectivity index (χ3v) is 6.16. The van der Waals surface area contributed by atoms with Crippen molar-refractivity contribution in [3.8, 4) is 16.3 Å². The minimum atomic E-state index is -0.0877. The Bertz CT molecular complexity index is 889. The van der Waals surface area contributed by atoms with E-state index in [0.717, 1.165) is 21.6 Å². The quantitative estimate of drug-likeness (QED) is 0.596. The lowest BCUT2D eigenvalue weighted by molar-refractivity contribution is 0.0954. The van der Waals surface area contributed by atoms with Gasteiger partial charge in [-0.15, -0.1) is 22.7 Å². The number of halogens is 1. The molecule has 4 nitrogen and oxygen atoms in total. The zero-order valence-electron chi connectivity index (χ0n) is 13.8. The number of aromatic nitrogens is 1. The third-order valence-electron chi connectivity index (χ3n) is 3.60. The Morgan fingerprint density at radius 2 is 2.16 bits per heavy atom. The van der Waals surface area contributed by atoms with Gasteiger partial charge in [-0.1, -0.05) is 0 Å². The molecule has 0 unspecified atom stereocenters. The molecule has 0 fully saturated rings. The van der Waals surface area contributed by atoms with Gasteiger partial charge in [-0.2, -0.15) is 0 Å². The van der Waals surface area contributed by atoms with Gasteiger partial charge >= 0.3 is 0 Å². The van der Waals surface area contributed by atoms with Gasteiger partial charge in [0.05, 0.1) is 27.2 Å². The van der Waals surface area contributed by atoms with Crippen molar-refractivity contribution >= 4 is 44.5 Å². The Morgan fingerprint density at radius 3 is 2.84 bits per heavy atom. The maximum atomic E-state index is 12.2. The fourth-order valence-corrected chi connectivity index (χ4v) is 4.53. The average Bonchev–Trinajstić information content (AvgIpc) is 3.23. The largest absolute Gasteiger partial charge is 0.496 e. The number of ether oxygens (including phenoxy) is 1. The second-order valence-corrected chi connectivity index (χ2v) is 8.46. The van der Waals surface area contributed by atoms with Crippen molar-refractivity contribution < 1.29 is 9.53 Å². The molecule has 130 valence electrons. The first-order valence-corrected chi connectivity index (χ1v) is 10.2. The van der Waals surface area contributed by atoms with Crippen molar-refractivity contribution in [1.29, 1.82) is 0 Å². The molecule has 0 aliphatic heterocycles. The summed E-state index contributed by atoms with van der Waals surface area (Å²) in [4.78, 5) is 19.2. The fraction of sp³-hybridized carbons (Fsp3) is 0.222. The van der Waals surface area contributed by atoms with Crippen molar-refractivity contribution in [3.63, 3.8) is 0 Å². The minimum absolute atomic E-state index is 0.0877. The monoisotopic (exact) mass is 436 g/mol. The Labute approximate surface area is 163 Å². The van der Waals surface area contributed by atoms with Crippen LogP contribution in [0.2, 0.25) is 0 Å². The molecule has 25 heavy (non-hydrogen) atoms. The van der Waals surface area contributed by atoms with Crippen LogP contribution in [-0.2, 0) is 6.42 Å². The van der Waals surface area contributed by atoms with Crippen molar-refractivity contribution in [2.75, 3.05) is 13.7 Å². The van der Waals surface area contributed by atoms with E-state index in [4.69, 9.17) is 4.74 Å². The summed E-state index contributed by atoms with van der Waals surface area (Å²) in [5.41, 5.74) is 1.64. The normalized spacial score (nSPS) is 10.7. The smallest absolute Gasteiger partial charge is 0.251 e. The number of amides is 1. The number of methoxy groups -OCH3 is 1. The van der Waals surface area contributed by atoms with E-state index in [2.05, 4.69) is 43.7 Å². The van der Waals surface area contributed by atoms with E-state index in [9.17, 15) is 4.79 Å². The van der Waals surface area contributed by atoms with Gasteiger partial charge in [0.2, 0.25) is 0 Å². The summed E-state index contributed by atoms with van der Waals surface area (Å²) in [5.74, 6) is 0.621. The van der Waals surface area contributed by atoms with E-state index in [1.807, 2.05) is 6.92 Å². The summed E-state index contributed by atoms with van der Waals surface area (Å²) < 4.78 is 5.95. The Kier molecular flexibility index (Phi) is 5.88. The van der Waals surface area contributed by atoms with Crippen LogP contribution in [-0.4, -0.2) is 24.5 Å². The highest BCUT2D eigenvalue weighted by Gasteiger charge is 2.10. The van der Waals surface area contributed by atoms with Crippen LogP contribution in [0.5, 0.6) is 5.75 Å². The van der Waals surface area contributed by atoms with Gasteiger partial charge in [0.1, 0.15) is 5.75 Å². The molecule has 1 aromatic carbocycles. The van der Waals surface area contributed by atoms with Crippen LogP contribution >= 0.6 is 38.6 Å². The molecule has 3 rings (SSSR count). The molecule has 0 aliphatic rings. The van der Waals surface area contributed by atoms with Crippen molar-refractivity contribution in [2.24, 2.45) is 0 Å². The molecule has 3 aromatic rings. The maximum absolute atomic E-state index is 12.2. The standard InChI is InChI=1S/C18H17BrN2O2S2/c1-11-21-15(10-24-11)17-6-4-13(25-17)7-8-20-18(22)12-3-5-16(23-2)14(19)9-12/h3-6,9-10H,7-8H2,1-2H3,(H,20,22). The molecule has 0 saturated heterocycles. The molecule has 1 amide bonds. The van der Waals surface area contributed by atoms with Crippen LogP contribution in [0, 0.1) is 6.92 Å². The topological polar surface area (TPSA) is 51.2 Å². The summed E-state index contributed by atoms with van der Waals surface area (Å²) in [5, 5.41) is 6.11. The van der Waals surface area contributed by atoms with Crippen LogP contribution in [0.25, 0.3) is 10.6 Å². The maximum Gasteiger partial charge on any atom is 0.251 e. The molecule has 0 atom stereocenters. The van der Waals surface area contributed by atoms with Crippen LogP contribution in [0.15, 0.2) is 40.2 Å². The molecule has 0 aliphatic carbocycles. The minimum Gasteiger partial charge on any atom is -0.496 e. The Hall–Kier alpha value is -1.70. The fourth-order valence-electron chi connectivity index (χ4n) is 2.34. The first-order valence-electron chi connectivity index (χ1n) is 7.70. The number of nitrogens with zero attached hydrogens (tertiary/aromatic N) is 1. The van der Waals surface area contributed by atoms with Crippen molar-refractivity contribution in [3.05, 3.63) is 55.6 Å². The Balaban J connectivity index is 1.55. The first-order chi connectivity index (χ1) is 12.1. The highest BCUT2D eigenvalue weighted by atomic mass is 79.9. The molecule has 1 N–H and O–H groups in total. The van der Waals surface area contributed by atoms with Gasteiger partial charge in [0, 0.05) is 22.4 Å². The van der Waals surface area contributed by atoms with Crippen molar-refractivity contribution in [2.45, 2.75) is 13.3 Å². The van der Waals surface area contributed by atoms with Crippen LogP contribution in [0.3, 0.4) is 0 Å². The molecule has 0 radical (unpaired) electrons. The van der Waals surface area contributed by atoms with E-state index >= 15 is 0 Å². The lowest BCUT2D eigenvalue weighted by Crippen LogP contribution is -2.25. The lowest BCUT2D eigenvalue weighted by atomic mass is 10.2. The summed E-state index contributed by atoms with van der Waals surface area (Å²) in [6.45, 7) is 2.61. The molecular formula is C18H17BrN2O2S2. The number of benzene rings is 1. The molecule has 2 heterocycles. The molecule has 2 aromatic heterocycles. The zero-order chi connectivity index (χ0) is 17.8. The zero-order valence-corrected chi connectivity index (χ0v) is 17.1. The number of nitrogens with one attached hydrogen (secondary N) is 1. The van der Waals surface area contributed by atoms with Gasteiger partial charge in [0.15, 0.2) is 0 Å².